The van der Waals surface area contributed by atoms with Gasteiger partial charge in [-0.3, -0.25) is 14.4 Å². The largest absolute Gasteiger partial charge is 0.466 e. The molecule has 0 radical (unpaired) electrons. The fourth-order valence-corrected chi connectivity index (χ4v) is 9.43. The van der Waals surface area contributed by atoms with Crippen LogP contribution in [0.2, 0.25) is 0 Å². The molecule has 0 aliphatic carbocycles. The van der Waals surface area contributed by atoms with E-state index in [1.807, 2.05) is 0 Å². The van der Waals surface area contributed by atoms with Gasteiger partial charge in [0, 0.05) is 26.1 Å². The molecule has 0 aromatic heterocycles. The van der Waals surface area contributed by atoms with Crippen LogP contribution in [0.1, 0.15) is 258 Å². The summed E-state index contributed by atoms with van der Waals surface area (Å²) in [6.07, 6.45) is 47.2. The molecule has 350 valence electrons. The molecular weight excluding hydrogens is 743 g/mol. The van der Waals surface area contributed by atoms with Crippen molar-refractivity contribution in [3.8, 4) is 0 Å². The Labute approximate surface area is 371 Å². The molecule has 1 N–H and O–H groups in total. The predicted octanol–water partition coefficient (Wildman–Crippen LogP) is 14.5. The Bertz CT molecular complexity index is 1170. The second-order valence-corrected chi connectivity index (χ2v) is 18.9. The van der Waals surface area contributed by atoms with Crippen molar-refractivity contribution in [1.82, 2.24) is 4.90 Å². The number of ether oxygens (including phenoxy) is 1. The van der Waals surface area contributed by atoms with Crippen LogP contribution in [-0.2, 0) is 9.53 Å². The Morgan fingerprint density at radius 1 is 0.533 bits per heavy atom. The average molecular weight is 842 g/mol. The van der Waals surface area contributed by atoms with Gasteiger partial charge in [0.05, 0.1) is 6.61 Å². The van der Waals surface area contributed by atoms with Gasteiger partial charge < -0.3 is 19.9 Å². The first-order valence-electron chi connectivity index (χ1n) is 26.7. The first-order valence-corrected chi connectivity index (χ1v) is 26.7. The molecule has 60 heavy (non-hydrogen) atoms. The van der Waals surface area contributed by atoms with Crippen molar-refractivity contribution in [2.45, 2.75) is 258 Å². The van der Waals surface area contributed by atoms with Crippen LogP contribution in [0.5, 0.6) is 0 Å². The van der Waals surface area contributed by atoms with Crippen molar-refractivity contribution in [2.75, 3.05) is 56.1 Å². The highest BCUT2D eigenvalue weighted by Crippen LogP contribution is 2.26. The van der Waals surface area contributed by atoms with Crippen LogP contribution >= 0.6 is 0 Å². The molecule has 1 saturated heterocycles. The molecule has 1 fully saturated rings. The monoisotopic (exact) mass is 842 g/mol. The molecule has 1 aromatic carbocycles. The highest BCUT2D eigenvalue weighted by atomic mass is 16.5. The standard InChI is InChI=1S/C53H99N3O4/c1-4-7-10-13-16-25-35-47-60-49(57)40-30-22-18-24-32-43-55(44-36-41-54-50-51(53(59)52(50)58)56-45-33-26-34-46-56)42-31-23-17-21-29-39-48(37-27-19-14-11-8-5-2)38-28-20-15-12-9-6-3/h48,54H,4-47H2,1-3H3. The van der Waals surface area contributed by atoms with Crippen molar-refractivity contribution in [1.29, 1.82) is 0 Å². The molecule has 2 rings (SSSR count). The second kappa shape index (κ2) is 38.8. The predicted molar refractivity (Wildman–Crippen MR) is 261 cm³/mol. The minimum absolute atomic E-state index is 0.0197. The van der Waals surface area contributed by atoms with E-state index in [0.29, 0.717) is 24.4 Å². The van der Waals surface area contributed by atoms with Crippen molar-refractivity contribution in [3.63, 3.8) is 0 Å². The van der Waals surface area contributed by atoms with Crippen LogP contribution in [-0.4, -0.2) is 56.7 Å². The van der Waals surface area contributed by atoms with Crippen molar-refractivity contribution < 1.29 is 9.53 Å². The third kappa shape index (κ3) is 27.2. The van der Waals surface area contributed by atoms with Crippen LogP contribution in [0.3, 0.4) is 0 Å². The van der Waals surface area contributed by atoms with Gasteiger partial charge in [-0.1, -0.05) is 201 Å². The molecule has 0 atom stereocenters. The maximum Gasteiger partial charge on any atom is 0.305 e. The van der Waals surface area contributed by atoms with Gasteiger partial charge in [0.25, 0.3) is 10.9 Å². The van der Waals surface area contributed by atoms with E-state index in [-0.39, 0.29) is 16.8 Å². The summed E-state index contributed by atoms with van der Waals surface area (Å²) >= 11 is 0. The van der Waals surface area contributed by atoms with Gasteiger partial charge in [0.2, 0.25) is 0 Å². The normalized spacial score (nSPS) is 13.3. The molecular formula is C53H99N3O4. The number of rotatable bonds is 44. The fourth-order valence-electron chi connectivity index (χ4n) is 9.43. The molecule has 1 heterocycles. The Morgan fingerprint density at radius 3 is 1.48 bits per heavy atom. The van der Waals surface area contributed by atoms with E-state index in [9.17, 15) is 14.4 Å². The van der Waals surface area contributed by atoms with Crippen LogP contribution < -0.4 is 21.1 Å². The van der Waals surface area contributed by atoms with Gasteiger partial charge in [0.1, 0.15) is 11.4 Å². The summed E-state index contributed by atoms with van der Waals surface area (Å²) < 4.78 is 5.49. The van der Waals surface area contributed by atoms with Crippen LogP contribution in [0.15, 0.2) is 9.59 Å². The van der Waals surface area contributed by atoms with E-state index in [4.69, 9.17) is 4.74 Å². The number of unbranched alkanes of at least 4 members (excludes halogenated alkanes) is 24. The smallest absolute Gasteiger partial charge is 0.305 e. The number of esters is 1. The number of hydrogen-bond acceptors (Lipinski definition) is 7. The molecule has 1 aromatic rings. The van der Waals surface area contributed by atoms with E-state index >= 15 is 0 Å². The van der Waals surface area contributed by atoms with E-state index in [1.165, 1.54) is 193 Å². The fraction of sp³-hybridized carbons (Fsp3) is 0.906. The van der Waals surface area contributed by atoms with Crippen molar-refractivity contribution in [3.05, 3.63) is 20.4 Å². The van der Waals surface area contributed by atoms with E-state index in [2.05, 4.69) is 35.9 Å². The molecule has 7 heteroatoms. The zero-order valence-corrected chi connectivity index (χ0v) is 40.2. The van der Waals surface area contributed by atoms with Gasteiger partial charge in [-0.15, -0.1) is 0 Å². The summed E-state index contributed by atoms with van der Waals surface area (Å²) in [5.74, 6) is 0.925. The van der Waals surface area contributed by atoms with E-state index in [1.54, 1.807) is 0 Å². The number of hydrogen-bond donors (Lipinski definition) is 1. The number of nitrogens with zero attached hydrogens (tertiary/aromatic N) is 2. The Hall–Kier alpha value is -1.89. The molecule has 0 amide bonds. The maximum absolute atomic E-state index is 12.5. The quantitative estimate of drug-likeness (QED) is 0.0398. The molecule has 0 bridgehead atoms. The third-order valence-corrected chi connectivity index (χ3v) is 13.4. The molecule has 0 saturated carbocycles. The topological polar surface area (TPSA) is 79.0 Å². The van der Waals surface area contributed by atoms with Gasteiger partial charge in [-0.05, 0) is 76.9 Å². The lowest BCUT2D eigenvalue weighted by molar-refractivity contribution is -0.143. The minimum Gasteiger partial charge on any atom is -0.466 e. The Morgan fingerprint density at radius 2 is 0.967 bits per heavy atom. The summed E-state index contributed by atoms with van der Waals surface area (Å²) in [6.45, 7) is 13.2. The zero-order chi connectivity index (χ0) is 43.1. The summed E-state index contributed by atoms with van der Waals surface area (Å²) in [5, 5.41) is 3.38. The number of carbonyl (C=O) groups excluding carboxylic acids is 1. The lowest BCUT2D eigenvalue weighted by Crippen LogP contribution is -2.44. The molecule has 1 aliphatic rings. The summed E-state index contributed by atoms with van der Waals surface area (Å²) in [6, 6.07) is 0. The van der Waals surface area contributed by atoms with Crippen molar-refractivity contribution >= 4 is 17.3 Å². The van der Waals surface area contributed by atoms with Crippen molar-refractivity contribution in [2.24, 2.45) is 5.92 Å². The number of piperidine rings is 1. The summed E-state index contributed by atoms with van der Waals surface area (Å²) in [7, 11) is 0. The summed E-state index contributed by atoms with van der Waals surface area (Å²) in [5.41, 5.74) is 0.586. The Kier molecular flexibility index (Phi) is 35.0. The number of anilines is 2. The van der Waals surface area contributed by atoms with Gasteiger partial charge >= 0.3 is 5.97 Å². The van der Waals surface area contributed by atoms with Crippen LogP contribution in [0, 0.1) is 5.92 Å². The van der Waals surface area contributed by atoms with Gasteiger partial charge in [0.15, 0.2) is 0 Å². The Balaban J connectivity index is 1.70. The number of carbonyl (C=O) groups is 1. The summed E-state index contributed by atoms with van der Waals surface area (Å²) in [4.78, 5) is 41.9. The first-order chi connectivity index (χ1) is 29.5. The molecule has 7 nitrogen and oxygen atoms in total. The van der Waals surface area contributed by atoms with E-state index < -0.39 is 0 Å². The molecule has 0 unspecified atom stereocenters. The maximum atomic E-state index is 12.5. The lowest BCUT2D eigenvalue weighted by Gasteiger charge is -2.31. The molecule has 0 spiro atoms. The highest BCUT2D eigenvalue weighted by molar-refractivity contribution is 5.75. The second-order valence-electron chi connectivity index (χ2n) is 18.9. The first kappa shape index (κ1) is 54.2. The lowest BCUT2D eigenvalue weighted by atomic mass is 9.89. The highest BCUT2D eigenvalue weighted by Gasteiger charge is 2.26. The van der Waals surface area contributed by atoms with Crippen LogP contribution in [0.4, 0.5) is 11.4 Å². The van der Waals surface area contributed by atoms with Gasteiger partial charge in [-0.2, -0.15) is 0 Å². The SMILES string of the molecule is CCCCCCCCCOC(=O)CCCCCCCN(CCCCCCCC(CCCCCCCC)CCCCCCCC)CCCNc1c(N2CCCCC2)c(=O)c1=O. The number of nitrogens with one attached hydrogen (secondary N) is 1. The third-order valence-electron chi connectivity index (χ3n) is 13.4. The van der Waals surface area contributed by atoms with E-state index in [0.717, 1.165) is 83.7 Å². The average Bonchev–Trinajstić information content (AvgIpc) is 3.26. The minimum atomic E-state index is -0.329. The molecule has 1 aliphatic heterocycles. The van der Waals surface area contributed by atoms with Crippen LogP contribution in [0.25, 0.3) is 0 Å². The zero-order valence-electron chi connectivity index (χ0n) is 40.2. The van der Waals surface area contributed by atoms with Gasteiger partial charge in [-0.25, -0.2) is 0 Å².